The Labute approximate surface area is 203 Å². The average Bonchev–Trinajstić information content (AvgIpc) is 3.25. The van der Waals surface area contributed by atoms with Gasteiger partial charge in [-0.2, -0.15) is 0 Å². The highest BCUT2D eigenvalue weighted by molar-refractivity contribution is 7.90. The van der Waals surface area contributed by atoms with Gasteiger partial charge < -0.3 is 0 Å². The molecule has 1 aliphatic heterocycles. The number of hydrogen-bond donors (Lipinski definition) is 0. The van der Waals surface area contributed by atoms with E-state index in [1.807, 2.05) is 0 Å². The zero-order valence-corrected chi connectivity index (χ0v) is 19.6. The first kappa shape index (κ1) is 21.9. The maximum Gasteiger partial charge on any atom is 0.269 e. The summed E-state index contributed by atoms with van der Waals surface area (Å²) in [5, 5.41) is 0.680. The van der Waals surface area contributed by atoms with Gasteiger partial charge in [-0.3, -0.25) is 14.5 Å². The molecule has 0 fully saturated rings. The normalized spacial score (nSPS) is 13.7. The number of imidazole rings is 1. The maximum atomic E-state index is 13.6. The lowest BCUT2D eigenvalue weighted by Gasteiger charge is -2.16. The molecule has 1 aromatic heterocycles. The summed E-state index contributed by atoms with van der Waals surface area (Å²) in [6.45, 7) is -0.372. The van der Waals surface area contributed by atoms with E-state index in [-0.39, 0.29) is 49.5 Å². The highest BCUT2D eigenvalue weighted by Gasteiger charge is 2.37. The minimum atomic E-state index is -4.20. The van der Waals surface area contributed by atoms with Gasteiger partial charge in [0, 0.05) is 5.02 Å². The van der Waals surface area contributed by atoms with Crippen LogP contribution in [0, 0.1) is 0 Å². The highest BCUT2D eigenvalue weighted by Crippen LogP contribution is 2.32. The predicted octanol–water partition coefficient (Wildman–Crippen LogP) is 5.03. The minimum absolute atomic E-state index is 0.0483. The maximum absolute atomic E-state index is 13.6. The van der Waals surface area contributed by atoms with Crippen LogP contribution in [0.15, 0.2) is 65.6 Å². The first-order valence-corrected chi connectivity index (χ1v) is 12.1. The molecule has 1 aliphatic rings. The van der Waals surface area contributed by atoms with Gasteiger partial charge >= 0.3 is 0 Å². The first-order valence-electron chi connectivity index (χ1n) is 9.51. The summed E-state index contributed by atoms with van der Waals surface area (Å²) in [7, 11) is -4.20. The molecule has 0 saturated carbocycles. The van der Waals surface area contributed by atoms with Crippen molar-refractivity contribution in [3.05, 3.63) is 92.7 Å². The van der Waals surface area contributed by atoms with Crippen molar-refractivity contribution < 1.29 is 18.0 Å². The molecule has 166 valence electrons. The molecule has 33 heavy (non-hydrogen) atoms. The number of fused-ring (bicyclic) bond motifs is 2. The molecule has 2 heterocycles. The van der Waals surface area contributed by atoms with Crippen LogP contribution in [0.1, 0.15) is 26.5 Å². The van der Waals surface area contributed by atoms with Crippen molar-refractivity contribution in [2.75, 3.05) is 0 Å². The van der Waals surface area contributed by atoms with E-state index < -0.39 is 21.8 Å². The van der Waals surface area contributed by atoms with E-state index in [9.17, 15) is 18.0 Å². The number of carbonyl (C=O) groups excluding carboxylic acids is 2. The molecular weight excluding hydrogens is 509 g/mol. The molecule has 0 bridgehead atoms. The molecule has 7 nitrogen and oxygen atoms in total. The third kappa shape index (κ3) is 3.50. The van der Waals surface area contributed by atoms with Crippen LogP contribution in [-0.4, -0.2) is 34.1 Å². The van der Waals surface area contributed by atoms with Crippen molar-refractivity contribution in [3.63, 3.8) is 0 Å². The smallest absolute Gasteiger partial charge is 0.269 e. The number of rotatable bonds is 4. The lowest BCUT2D eigenvalue weighted by Crippen LogP contribution is -2.31. The number of hydrogen-bond acceptors (Lipinski definition) is 5. The molecule has 0 unspecified atom stereocenters. The monoisotopic (exact) mass is 519 g/mol. The van der Waals surface area contributed by atoms with E-state index in [1.165, 1.54) is 36.4 Å². The first-order chi connectivity index (χ1) is 15.7. The van der Waals surface area contributed by atoms with Crippen molar-refractivity contribution in [3.8, 4) is 0 Å². The van der Waals surface area contributed by atoms with E-state index in [2.05, 4.69) is 4.98 Å². The van der Waals surface area contributed by atoms with E-state index in [0.717, 1.165) is 8.87 Å². The molecule has 0 radical (unpaired) electrons. The van der Waals surface area contributed by atoms with Gasteiger partial charge in [0.1, 0.15) is 5.82 Å². The molecule has 0 aliphatic carbocycles. The van der Waals surface area contributed by atoms with E-state index in [0.29, 0.717) is 5.02 Å². The number of aromatic nitrogens is 2. The number of imide groups is 1. The third-order valence-corrected chi connectivity index (χ3v) is 7.98. The van der Waals surface area contributed by atoms with Crippen molar-refractivity contribution in [1.82, 2.24) is 13.9 Å². The Morgan fingerprint density at radius 3 is 2.00 bits per heavy atom. The van der Waals surface area contributed by atoms with Crippen molar-refractivity contribution in [2.24, 2.45) is 0 Å². The summed E-state index contributed by atoms with van der Waals surface area (Å²) < 4.78 is 28.2. The van der Waals surface area contributed by atoms with Crippen LogP contribution in [0.2, 0.25) is 15.1 Å². The second-order valence-corrected chi connectivity index (χ2v) is 10.3. The lowest BCUT2D eigenvalue weighted by molar-refractivity contribution is 0.0638. The van der Waals surface area contributed by atoms with Crippen molar-refractivity contribution in [2.45, 2.75) is 11.4 Å². The fraction of sp³-hybridized carbons (Fsp3) is 0.0455. The molecule has 0 saturated heterocycles. The fourth-order valence-electron chi connectivity index (χ4n) is 3.71. The van der Waals surface area contributed by atoms with Crippen LogP contribution < -0.4 is 0 Å². The predicted molar refractivity (Wildman–Crippen MR) is 124 cm³/mol. The Morgan fingerprint density at radius 2 is 1.39 bits per heavy atom. The number of halogens is 3. The Hall–Kier alpha value is -2.91. The fourth-order valence-corrected chi connectivity index (χ4v) is 5.62. The van der Waals surface area contributed by atoms with E-state index >= 15 is 0 Å². The van der Waals surface area contributed by atoms with Gasteiger partial charge in [-0.1, -0.05) is 46.9 Å². The number of benzene rings is 3. The third-order valence-electron chi connectivity index (χ3n) is 5.25. The standard InChI is InChI=1S/C22H12Cl3N3O4S/c23-12-5-7-13(8-6-12)33(31,32)28-19-10-17(25)16(24)9-18(19)26-20(28)11-27-21(29)14-3-1-2-4-15(14)22(27)30/h1-10H,11H2. The van der Waals surface area contributed by atoms with Crippen molar-refractivity contribution >= 4 is 67.7 Å². The Kier molecular flexibility index (Phi) is 5.21. The molecule has 5 rings (SSSR count). The summed E-state index contributed by atoms with van der Waals surface area (Å²) in [4.78, 5) is 31.0. The average molecular weight is 521 g/mol. The second kappa shape index (κ2) is 7.85. The quantitative estimate of drug-likeness (QED) is 0.352. The number of amides is 2. The topological polar surface area (TPSA) is 89.3 Å². The summed E-state index contributed by atoms with van der Waals surface area (Å²) >= 11 is 18.2. The Bertz CT molecular complexity index is 1550. The van der Waals surface area contributed by atoms with Gasteiger partial charge in [0.05, 0.1) is 43.6 Å². The molecule has 3 aromatic carbocycles. The second-order valence-electron chi connectivity index (χ2n) is 7.25. The van der Waals surface area contributed by atoms with Crippen LogP contribution in [-0.2, 0) is 16.6 Å². The largest absolute Gasteiger partial charge is 0.269 e. The van der Waals surface area contributed by atoms with Gasteiger partial charge in [0.2, 0.25) is 0 Å². The van der Waals surface area contributed by atoms with Gasteiger partial charge in [0.25, 0.3) is 21.8 Å². The van der Waals surface area contributed by atoms with Gasteiger partial charge in [-0.15, -0.1) is 0 Å². The van der Waals surface area contributed by atoms with E-state index in [4.69, 9.17) is 34.8 Å². The lowest BCUT2D eigenvalue weighted by atomic mass is 10.1. The van der Waals surface area contributed by atoms with Crippen LogP contribution in [0.5, 0.6) is 0 Å². The molecule has 2 amide bonds. The zero-order valence-electron chi connectivity index (χ0n) is 16.5. The Balaban J connectivity index is 1.69. The summed E-state index contributed by atoms with van der Waals surface area (Å²) in [5.74, 6) is -1.11. The SMILES string of the molecule is O=C1c2ccccc2C(=O)N1Cc1nc2cc(Cl)c(Cl)cc2n1S(=O)(=O)c1ccc(Cl)cc1. The molecule has 0 atom stereocenters. The summed E-state index contributed by atoms with van der Waals surface area (Å²) in [5.41, 5.74) is 0.896. The van der Waals surface area contributed by atoms with Crippen LogP contribution >= 0.6 is 34.8 Å². The summed E-state index contributed by atoms with van der Waals surface area (Å²) in [6.07, 6.45) is 0. The van der Waals surface area contributed by atoms with Crippen LogP contribution in [0.25, 0.3) is 11.0 Å². The minimum Gasteiger partial charge on any atom is -0.269 e. The zero-order chi connectivity index (χ0) is 23.5. The number of nitrogens with zero attached hydrogens (tertiary/aromatic N) is 3. The summed E-state index contributed by atoms with van der Waals surface area (Å²) in [6, 6.07) is 14.8. The number of carbonyl (C=O) groups is 2. The molecule has 0 N–H and O–H groups in total. The molecule has 11 heteroatoms. The molecular formula is C22H12Cl3N3O4S. The van der Waals surface area contributed by atoms with Crippen molar-refractivity contribution in [1.29, 1.82) is 0 Å². The van der Waals surface area contributed by atoms with Crippen LogP contribution in [0.4, 0.5) is 0 Å². The van der Waals surface area contributed by atoms with Gasteiger partial charge in [-0.05, 0) is 48.5 Å². The highest BCUT2D eigenvalue weighted by atomic mass is 35.5. The van der Waals surface area contributed by atoms with Crippen LogP contribution in [0.3, 0.4) is 0 Å². The van der Waals surface area contributed by atoms with E-state index in [1.54, 1.807) is 24.3 Å². The molecule has 0 spiro atoms. The Morgan fingerprint density at radius 1 is 0.818 bits per heavy atom. The van der Waals surface area contributed by atoms with Gasteiger partial charge in [0.15, 0.2) is 0 Å². The molecule has 4 aromatic rings. The van der Waals surface area contributed by atoms with Gasteiger partial charge in [-0.25, -0.2) is 17.4 Å².